The van der Waals surface area contributed by atoms with Gasteiger partial charge in [-0.2, -0.15) is 0 Å². The van der Waals surface area contributed by atoms with Crippen LogP contribution in [0.2, 0.25) is 0 Å². The summed E-state index contributed by atoms with van der Waals surface area (Å²) in [5.74, 6) is -0.890. The van der Waals surface area contributed by atoms with E-state index in [0.717, 1.165) is 0 Å². The van der Waals surface area contributed by atoms with Gasteiger partial charge in [-0.15, -0.1) is 5.69 Å². The normalized spacial score (nSPS) is 12.8. The van der Waals surface area contributed by atoms with Crippen molar-refractivity contribution in [2.24, 2.45) is 7.05 Å². The molecule has 5 rings (SSSR count). The molecule has 9 nitrogen and oxygen atoms in total. The Balaban J connectivity index is 0.00000336. The fourth-order valence-corrected chi connectivity index (χ4v) is 4.91. The Morgan fingerprint density at radius 3 is 2.45 bits per heavy atom. The van der Waals surface area contributed by atoms with Crippen LogP contribution in [0.15, 0.2) is 56.8 Å². The molecule has 1 amide bonds. The second-order valence-corrected chi connectivity index (χ2v) is 10.2. The monoisotopic (exact) mass is 637 g/mol. The maximum Gasteiger partial charge on any atom is 1.00 e. The summed E-state index contributed by atoms with van der Waals surface area (Å²) >= 11 is 1.99. The number of benzene rings is 2. The Morgan fingerprint density at radius 2 is 1.82 bits per heavy atom. The van der Waals surface area contributed by atoms with Crippen molar-refractivity contribution < 1.29 is 38.7 Å². The molecule has 190 valence electrons. The summed E-state index contributed by atoms with van der Waals surface area (Å²) in [6.45, 7) is 2.86. The van der Waals surface area contributed by atoms with E-state index in [1.807, 2.05) is 22.6 Å². The maximum absolute atomic E-state index is 14.8. The Bertz CT molecular complexity index is 1790. The van der Waals surface area contributed by atoms with Gasteiger partial charge >= 0.3 is 35.2 Å². The molecular weight excluding hydrogens is 615 g/mol. The van der Waals surface area contributed by atoms with Gasteiger partial charge < -0.3 is 15.4 Å². The molecule has 1 N–H and O–H groups in total. The van der Waals surface area contributed by atoms with E-state index >= 15 is 0 Å². The largest absolute Gasteiger partial charge is 1.00 e. The minimum absolute atomic E-state index is 0. The first kappa shape index (κ1) is 28.3. The molecule has 2 heterocycles. The van der Waals surface area contributed by atoms with Gasteiger partial charge in [0.1, 0.15) is 17.0 Å². The van der Waals surface area contributed by atoms with Gasteiger partial charge in [-0.05, 0) is 73.5 Å². The van der Waals surface area contributed by atoms with Crippen LogP contribution in [0.25, 0.3) is 21.9 Å². The number of nitrogens with zero attached hydrogens (tertiary/aromatic N) is 4. The van der Waals surface area contributed by atoms with Crippen LogP contribution in [0.3, 0.4) is 0 Å². The Hall–Kier alpha value is -2.74. The number of fused-ring (bicyclic) bond motifs is 1. The molecule has 0 spiro atoms. The standard InChI is InChI=1S/C26H23FIN5O4.Na/c1-13-22-21(23(31(3)24(13)35)30-20-10-7-15(28)11-19(20)27)25(36)33(17-8-9-17)26(37)32(22)18-6-4-5-16(12-18)29-14(2)34;/h4-7,10-12,17H,8-9H2,1-3H3,(H2,29,30,34,35,36);/q;+1/p-1. The molecule has 2 aromatic heterocycles. The van der Waals surface area contributed by atoms with Gasteiger partial charge in [-0.1, -0.05) is 18.2 Å². The topological polar surface area (TPSA) is 109 Å². The summed E-state index contributed by atoms with van der Waals surface area (Å²) in [4.78, 5) is 52.5. The number of pyridine rings is 1. The second kappa shape index (κ2) is 10.8. The SMILES string of the molecule is CC(=O)[N-]c1cccc(-n2c(=O)n(C3CC3)c(=O)c3c(Nc4ccc(I)cc4F)n(C)c(=O)c(C)c32)c1.[Na+]. The van der Waals surface area contributed by atoms with Crippen molar-refractivity contribution in [1.29, 1.82) is 0 Å². The zero-order valence-corrected chi connectivity index (χ0v) is 25.4. The van der Waals surface area contributed by atoms with E-state index in [-0.39, 0.29) is 63.6 Å². The van der Waals surface area contributed by atoms with E-state index in [4.69, 9.17) is 0 Å². The van der Waals surface area contributed by atoms with Crippen LogP contribution < -0.4 is 51.7 Å². The van der Waals surface area contributed by atoms with E-state index in [9.17, 15) is 23.6 Å². The quantitative estimate of drug-likeness (QED) is 0.264. The number of carbonyl (C=O) groups is 1. The Kier molecular flexibility index (Phi) is 8.03. The number of anilines is 2. The Morgan fingerprint density at radius 1 is 1.11 bits per heavy atom. The number of carbonyl (C=O) groups excluding carboxylic acids is 1. The number of aromatic nitrogens is 3. The number of aryl methyl sites for hydroxylation is 1. The first-order chi connectivity index (χ1) is 17.6. The van der Waals surface area contributed by atoms with Crippen molar-refractivity contribution in [3.05, 3.63) is 93.9 Å². The summed E-state index contributed by atoms with van der Waals surface area (Å²) in [6, 6.07) is 10.7. The minimum Gasteiger partial charge on any atom is -0.627 e. The van der Waals surface area contributed by atoms with Gasteiger partial charge in [-0.25, -0.2) is 9.18 Å². The smallest absolute Gasteiger partial charge is 0.627 e. The number of halogens is 2. The summed E-state index contributed by atoms with van der Waals surface area (Å²) in [7, 11) is 1.49. The summed E-state index contributed by atoms with van der Waals surface area (Å²) < 4.78 is 19.2. The van der Waals surface area contributed by atoms with Gasteiger partial charge in [-0.3, -0.25) is 23.3 Å². The molecule has 2 aromatic carbocycles. The molecule has 12 heteroatoms. The van der Waals surface area contributed by atoms with Crippen molar-refractivity contribution >= 4 is 56.6 Å². The molecule has 1 aliphatic rings. The van der Waals surface area contributed by atoms with Crippen molar-refractivity contribution in [3.8, 4) is 5.69 Å². The van der Waals surface area contributed by atoms with Crippen molar-refractivity contribution in [2.45, 2.75) is 32.7 Å². The summed E-state index contributed by atoms with van der Waals surface area (Å²) in [6.07, 6.45) is 1.33. The van der Waals surface area contributed by atoms with E-state index in [0.29, 0.717) is 27.8 Å². The second-order valence-electron chi connectivity index (χ2n) is 8.99. The van der Waals surface area contributed by atoms with Crippen molar-refractivity contribution in [2.75, 3.05) is 5.32 Å². The molecule has 1 aliphatic carbocycles. The zero-order valence-electron chi connectivity index (χ0n) is 21.2. The molecule has 0 saturated heterocycles. The van der Waals surface area contributed by atoms with E-state index in [2.05, 4.69) is 10.6 Å². The summed E-state index contributed by atoms with van der Waals surface area (Å²) in [5, 5.41) is 6.96. The third-order valence-corrected chi connectivity index (χ3v) is 6.98. The van der Waals surface area contributed by atoms with Crippen LogP contribution in [0.5, 0.6) is 0 Å². The first-order valence-corrected chi connectivity index (χ1v) is 12.6. The maximum atomic E-state index is 14.8. The molecule has 4 aromatic rings. The fourth-order valence-electron chi connectivity index (χ4n) is 4.46. The van der Waals surface area contributed by atoms with Crippen LogP contribution in [0.4, 0.5) is 21.6 Å². The van der Waals surface area contributed by atoms with Gasteiger partial charge in [0.25, 0.3) is 11.1 Å². The molecular formula is C26H22FIN5NaO4. The summed E-state index contributed by atoms with van der Waals surface area (Å²) in [5.41, 5.74) is -0.566. The number of amides is 1. The number of hydrogen-bond donors (Lipinski definition) is 1. The first-order valence-electron chi connectivity index (χ1n) is 11.5. The third kappa shape index (κ3) is 4.99. The molecule has 0 unspecified atom stereocenters. The van der Waals surface area contributed by atoms with Gasteiger partial charge in [0.05, 0.1) is 17.1 Å². The van der Waals surface area contributed by atoms with Crippen LogP contribution in [0, 0.1) is 16.3 Å². The predicted molar refractivity (Wildman–Crippen MR) is 148 cm³/mol. The third-order valence-electron chi connectivity index (χ3n) is 6.31. The predicted octanol–water partition coefficient (Wildman–Crippen LogP) is 1.54. The van der Waals surface area contributed by atoms with Crippen LogP contribution in [-0.2, 0) is 11.8 Å². The molecule has 1 saturated carbocycles. The van der Waals surface area contributed by atoms with E-state index in [1.165, 1.54) is 39.8 Å². The van der Waals surface area contributed by atoms with Crippen molar-refractivity contribution in [1.82, 2.24) is 13.7 Å². The Labute approximate surface area is 252 Å². The number of rotatable bonds is 5. The molecule has 0 aliphatic heterocycles. The molecule has 0 radical (unpaired) electrons. The van der Waals surface area contributed by atoms with Gasteiger partial charge in [0.15, 0.2) is 0 Å². The average Bonchev–Trinajstić information content (AvgIpc) is 3.67. The van der Waals surface area contributed by atoms with Crippen LogP contribution >= 0.6 is 22.6 Å². The number of nitrogens with one attached hydrogen (secondary N) is 1. The van der Waals surface area contributed by atoms with E-state index < -0.39 is 28.5 Å². The number of hydrogen-bond acceptors (Lipinski definition) is 5. The molecule has 0 atom stereocenters. The average molecular weight is 637 g/mol. The minimum atomic E-state index is -0.595. The van der Waals surface area contributed by atoms with Gasteiger partial charge in [0.2, 0.25) is 0 Å². The van der Waals surface area contributed by atoms with Gasteiger partial charge in [0, 0.05) is 27.9 Å². The molecule has 0 bridgehead atoms. The van der Waals surface area contributed by atoms with Crippen molar-refractivity contribution in [3.63, 3.8) is 0 Å². The fraction of sp³-hybridized carbons (Fsp3) is 0.231. The van der Waals surface area contributed by atoms with E-state index in [1.54, 1.807) is 37.3 Å². The van der Waals surface area contributed by atoms with Crippen LogP contribution in [-0.4, -0.2) is 19.6 Å². The molecule has 1 fully saturated rings. The van der Waals surface area contributed by atoms with Crippen LogP contribution in [0.1, 0.15) is 31.4 Å². The zero-order chi connectivity index (χ0) is 26.6. The molecule has 38 heavy (non-hydrogen) atoms.